The Hall–Kier alpha value is -2.61. The van der Waals surface area contributed by atoms with E-state index in [-0.39, 0.29) is 29.1 Å². The molecule has 2 saturated heterocycles. The number of amides is 3. The number of rotatable bonds is 5. The number of nitrogens with one attached hydrogen (secondary N) is 2. The molecule has 0 radical (unpaired) electrons. The molecule has 1 aromatic carbocycles. The molecule has 4 rings (SSSR count). The lowest BCUT2D eigenvalue weighted by Crippen LogP contribution is -2.46. The molecule has 3 amide bonds. The minimum Gasteiger partial charge on any atom is -0.368 e. The quantitative estimate of drug-likeness (QED) is 0.692. The van der Waals surface area contributed by atoms with Crippen LogP contribution in [0.25, 0.3) is 0 Å². The van der Waals surface area contributed by atoms with Crippen molar-refractivity contribution in [3.8, 4) is 0 Å². The van der Waals surface area contributed by atoms with Crippen LogP contribution in [0.3, 0.4) is 0 Å². The smallest absolute Gasteiger partial charge is 0.254 e. The summed E-state index contributed by atoms with van der Waals surface area (Å²) in [4.78, 5) is 44.7. The summed E-state index contributed by atoms with van der Waals surface area (Å²) in [6.45, 7) is 12.1. The summed E-state index contributed by atoms with van der Waals surface area (Å²) in [7, 11) is 0. The molecule has 186 valence electrons. The SMILES string of the molecule is CC(C)(C)CC(=O)Nc1cc(C(=O)N2CCNCC2)ccc1N1CCCN(C(=O)C2CC2)CC1. The maximum atomic E-state index is 13.1. The number of nitrogens with zero attached hydrogens (tertiary/aromatic N) is 3. The van der Waals surface area contributed by atoms with E-state index in [0.29, 0.717) is 43.9 Å². The molecule has 0 unspecified atom stereocenters. The highest BCUT2D eigenvalue weighted by atomic mass is 16.2. The molecule has 1 aliphatic carbocycles. The number of hydrogen-bond donors (Lipinski definition) is 2. The van der Waals surface area contributed by atoms with Crippen LogP contribution in [0.1, 0.15) is 56.8 Å². The number of hydrogen-bond acceptors (Lipinski definition) is 5. The Labute approximate surface area is 203 Å². The molecule has 0 atom stereocenters. The van der Waals surface area contributed by atoms with Gasteiger partial charge in [0.15, 0.2) is 0 Å². The van der Waals surface area contributed by atoms with Crippen molar-refractivity contribution in [1.82, 2.24) is 15.1 Å². The molecule has 8 heteroatoms. The van der Waals surface area contributed by atoms with E-state index in [1.54, 1.807) is 0 Å². The molecule has 3 fully saturated rings. The third-order valence-corrected chi connectivity index (χ3v) is 6.69. The van der Waals surface area contributed by atoms with Crippen molar-refractivity contribution in [2.75, 3.05) is 62.6 Å². The second kappa shape index (κ2) is 10.3. The van der Waals surface area contributed by atoms with E-state index in [1.165, 1.54) is 0 Å². The summed E-state index contributed by atoms with van der Waals surface area (Å²) in [5.74, 6) is 0.462. The van der Waals surface area contributed by atoms with Crippen LogP contribution in [0, 0.1) is 11.3 Å². The Morgan fingerprint density at radius 1 is 0.971 bits per heavy atom. The van der Waals surface area contributed by atoms with Crippen molar-refractivity contribution in [3.05, 3.63) is 23.8 Å². The zero-order valence-electron chi connectivity index (χ0n) is 20.9. The Balaban J connectivity index is 1.55. The van der Waals surface area contributed by atoms with Crippen molar-refractivity contribution in [2.45, 2.75) is 46.5 Å². The molecule has 2 aliphatic heterocycles. The van der Waals surface area contributed by atoms with Crippen LogP contribution in [0.2, 0.25) is 0 Å². The summed E-state index contributed by atoms with van der Waals surface area (Å²) < 4.78 is 0. The summed E-state index contributed by atoms with van der Waals surface area (Å²) in [6.07, 6.45) is 3.32. The Kier molecular flexibility index (Phi) is 7.45. The lowest BCUT2D eigenvalue weighted by atomic mass is 9.92. The van der Waals surface area contributed by atoms with Crippen LogP contribution in [-0.4, -0.2) is 79.9 Å². The standard InChI is InChI=1S/C26H39N5O3/c1-26(2,3)18-23(32)28-21-17-20(25(34)31-13-9-27-10-14-31)7-8-22(21)29-11-4-12-30(16-15-29)24(33)19-5-6-19/h7-8,17,19,27H,4-6,9-16,18H2,1-3H3,(H,28,32). The van der Waals surface area contributed by atoms with Gasteiger partial charge in [0.2, 0.25) is 11.8 Å². The summed E-state index contributed by atoms with van der Waals surface area (Å²) >= 11 is 0. The zero-order valence-corrected chi connectivity index (χ0v) is 20.9. The molecule has 34 heavy (non-hydrogen) atoms. The van der Waals surface area contributed by atoms with Crippen molar-refractivity contribution >= 4 is 29.1 Å². The van der Waals surface area contributed by atoms with E-state index in [2.05, 4.69) is 15.5 Å². The summed E-state index contributed by atoms with van der Waals surface area (Å²) in [5.41, 5.74) is 2.05. The van der Waals surface area contributed by atoms with E-state index < -0.39 is 0 Å². The second-order valence-electron chi connectivity index (χ2n) is 11.0. The van der Waals surface area contributed by atoms with Gasteiger partial charge in [0.05, 0.1) is 11.4 Å². The zero-order chi connectivity index (χ0) is 24.3. The van der Waals surface area contributed by atoms with Crippen molar-refractivity contribution < 1.29 is 14.4 Å². The van der Waals surface area contributed by atoms with E-state index in [1.807, 2.05) is 48.8 Å². The second-order valence-corrected chi connectivity index (χ2v) is 11.0. The highest BCUT2D eigenvalue weighted by Crippen LogP contribution is 2.33. The number of benzene rings is 1. The number of carbonyl (C=O) groups excluding carboxylic acids is 3. The maximum absolute atomic E-state index is 13.1. The minimum atomic E-state index is -0.134. The first-order chi connectivity index (χ1) is 16.2. The van der Waals surface area contributed by atoms with Crippen LogP contribution in [0.4, 0.5) is 11.4 Å². The van der Waals surface area contributed by atoms with Gasteiger partial charge in [0, 0.05) is 70.3 Å². The van der Waals surface area contributed by atoms with Gasteiger partial charge in [-0.25, -0.2) is 0 Å². The maximum Gasteiger partial charge on any atom is 0.254 e. The normalized spacial score (nSPS) is 19.6. The number of piperazine rings is 1. The minimum absolute atomic E-state index is 0.00329. The van der Waals surface area contributed by atoms with E-state index >= 15 is 0 Å². The molecule has 0 spiro atoms. The highest BCUT2D eigenvalue weighted by Gasteiger charge is 2.34. The first-order valence-corrected chi connectivity index (χ1v) is 12.7. The van der Waals surface area contributed by atoms with Gasteiger partial charge in [-0.15, -0.1) is 0 Å². The van der Waals surface area contributed by atoms with Crippen LogP contribution in [0.15, 0.2) is 18.2 Å². The van der Waals surface area contributed by atoms with Gasteiger partial charge in [-0.05, 0) is 42.9 Å². The van der Waals surface area contributed by atoms with Crippen molar-refractivity contribution in [1.29, 1.82) is 0 Å². The third-order valence-electron chi connectivity index (χ3n) is 6.69. The van der Waals surface area contributed by atoms with Gasteiger partial charge >= 0.3 is 0 Å². The number of carbonyl (C=O) groups is 3. The lowest BCUT2D eigenvalue weighted by Gasteiger charge is -2.29. The first-order valence-electron chi connectivity index (χ1n) is 12.7. The first kappa shape index (κ1) is 24.5. The van der Waals surface area contributed by atoms with Gasteiger partial charge in [-0.2, -0.15) is 0 Å². The molecule has 0 bridgehead atoms. The fourth-order valence-electron chi connectivity index (χ4n) is 4.74. The molecule has 2 heterocycles. The van der Waals surface area contributed by atoms with Gasteiger partial charge < -0.3 is 25.3 Å². The summed E-state index contributed by atoms with van der Waals surface area (Å²) in [5, 5.41) is 6.38. The fourth-order valence-corrected chi connectivity index (χ4v) is 4.74. The predicted octanol–water partition coefficient (Wildman–Crippen LogP) is 2.56. The molecule has 8 nitrogen and oxygen atoms in total. The molecular weight excluding hydrogens is 430 g/mol. The van der Waals surface area contributed by atoms with Crippen LogP contribution in [-0.2, 0) is 9.59 Å². The fraction of sp³-hybridized carbons (Fsp3) is 0.654. The molecule has 1 aromatic rings. The van der Waals surface area contributed by atoms with Crippen LogP contribution >= 0.6 is 0 Å². The molecule has 3 aliphatic rings. The molecule has 0 aromatic heterocycles. The largest absolute Gasteiger partial charge is 0.368 e. The van der Waals surface area contributed by atoms with Gasteiger partial charge in [0.1, 0.15) is 0 Å². The van der Waals surface area contributed by atoms with Crippen molar-refractivity contribution in [2.24, 2.45) is 11.3 Å². The van der Waals surface area contributed by atoms with Crippen molar-refractivity contribution in [3.63, 3.8) is 0 Å². The monoisotopic (exact) mass is 469 g/mol. The third kappa shape index (κ3) is 6.29. The van der Waals surface area contributed by atoms with Gasteiger partial charge in [-0.3, -0.25) is 14.4 Å². The number of anilines is 2. The predicted molar refractivity (Wildman–Crippen MR) is 134 cm³/mol. The Bertz CT molecular complexity index is 916. The van der Waals surface area contributed by atoms with E-state index in [0.717, 1.165) is 51.1 Å². The van der Waals surface area contributed by atoms with Crippen LogP contribution in [0.5, 0.6) is 0 Å². The van der Waals surface area contributed by atoms with Gasteiger partial charge in [-0.1, -0.05) is 20.8 Å². The summed E-state index contributed by atoms with van der Waals surface area (Å²) in [6, 6.07) is 5.66. The average Bonchev–Trinajstić information content (AvgIpc) is 3.65. The highest BCUT2D eigenvalue weighted by molar-refractivity contribution is 6.00. The topological polar surface area (TPSA) is 85.0 Å². The molecule has 1 saturated carbocycles. The van der Waals surface area contributed by atoms with Gasteiger partial charge in [0.25, 0.3) is 5.91 Å². The van der Waals surface area contributed by atoms with Crippen LogP contribution < -0.4 is 15.5 Å². The van der Waals surface area contributed by atoms with E-state index in [9.17, 15) is 14.4 Å². The van der Waals surface area contributed by atoms with E-state index in [4.69, 9.17) is 0 Å². The lowest BCUT2D eigenvalue weighted by molar-refractivity contribution is -0.132. The molecular formula is C26H39N5O3. The Morgan fingerprint density at radius 3 is 2.38 bits per heavy atom. The Morgan fingerprint density at radius 2 is 1.71 bits per heavy atom. The molecule has 2 N–H and O–H groups in total. The average molecular weight is 470 g/mol.